The summed E-state index contributed by atoms with van der Waals surface area (Å²) in [6.07, 6.45) is 0.268. The average Bonchev–Trinajstić information content (AvgIpc) is 3.69. The van der Waals surface area contributed by atoms with E-state index in [0.717, 1.165) is 36.2 Å². The predicted octanol–water partition coefficient (Wildman–Crippen LogP) is 3.19. The minimum absolute atomic E-state index is 0.0584. The maximum atomic E-state index is 13.7. The van der Waals surface area contributed by atoms with Crippen molar-refractivity contribution in [3.8, 4) is 0 Å². The highest BCUT2D eigenvalue weighted by Gasteiger charge is 2.57. The van der Waals surface area contributed by atoms with Gasteiger partial charge in [0.25, 0.3) is 5.91 Å². The zero-order valence-corrected chi connectivity index (χ0v) is 19.0. The number of hydrogen-bond donors (Lipinski definition) is 1. The molecule has 4 aliphatic rings. The Morgan fingerprint density at radius 2 is 1.91 bits per heavy atom. The summed E-state index contributed by atoms with van der Waals surface area (Å²) in [4.78, 5) is 33.1. The smallest absolute Gasteiger partial charge is 0.396 e. The molecule has 0 bridgehead atoms. The van der Waals surface area contributed by atoms with Gasteiger partial charge in [0, 0.05) is 31.9 Å². The first kappa shape index (κ1) is 22.2. The van der Waals surface area contributed by atoms with E-state index in [9.17, 15) is 27.9 Å². The van der Waals surface area contributed by atoms with Crippen molar-refractivity contribution in [3.63, 3.8) is 0 Å². The summed E-state index contributed by atoms with van der Waals surface area (Å²) in [5.41, 5.74) is -1.06. The molecule has 0 radical (unpaired) electrons. The highest BCUT2D eigenvalue weighted by Crippen LogP contribution is 2.58. The van der Waals surface area contributed by atoms with E-state index in [0.29, 0.717) is 29.9 Å². The molecule has 0 spiro atoms. The number of alkyl halides is 3. The van der Waals surface area contributed by atoms with Crippen LogP contribution in [0.3, 0.4) is 0 Å². The molecule has 3 aliphatic carbocycles. The first-order chi connectivity index (χ1) is 16.2. The number of amides is 2. The fourth-order valence-electron chi connectivity index (χ4n) is 5.99. The van der Waals surface area contributed by atoms with E-state index in [1.54, 1.807) is 4.90 Å². The van der Waals surface area contributed by atoms with Crippen LogP contribution in [-0.2, 0) is 11.0 Å². The van der Waals surface area contributed by atoms with Crippen molar-refractivity contribution in [3.05, 3.63) is 34.2 Å². The molecular weight excluding hydrogens is 473 g/mol. The summed E-state index contributed by atoms with van der Waals surface area (Å²) in [5.74, 6) is 0.539. The summed E-state index contributed by atoms with van der Waals surface area (Å²) in [5, 5.41) is 9.17. The molecule has 1 N–H and O–H groups in total. The number of piperazine rings is 1. The number of nitrogens with zero attached hydrogens (tertiary/aromatic N) is 4. The second-order valence-electron chi connectivity index (χ2n) is 10.0. The van der Waals surface area contributed by atoms with Gasteiger partial charge in [-0.1, -0.05) is 11.6 Å². The third-order valence-corrected chi connectivity index (χ3v) is 8.39. The molecule has 4 fully saturated rings. The Morgan fingerprint density at radius 3 is 2.50 bits per heavy atom. The third kappa shape index (κ3) is 3.48. The number of carbonyl (C=O) groups is 2. The van der Waals surface area contributed by atoms with Crippen LogP contribution in [-0.4, -0.2) is 68.4 Å². The Bertz CT molecular complexity index is 1180. The second-order valence-corrected chi connectivity index (χ2v) is 10.4. The van der Waals surface area contributed by atoms with E-state index in [-0.39, 0.29) is 48.4 Å². The van der Waals surface area contributed by atoms with Gasteiger partial charge in [0.2, 0.25) is 5.91 Å². The van der Waals surface area contributed by atoms with E-state index in [2.05, 4.69) is 4.98 Å². The van der Waals surface area contributed by atoms with E-state index < -0.39 is 23.3 Å². The highest BCUT2D eigenvalue weighted by molar-refractivity contribution is 6.33. The normalized spacial score (nSPS) is 29.1. The Balaban J connectivity index is 1.23. The predicted molar refractivity (Wildman–Crippen MR) is 115 cm³/mol. The molecule has 6 rings (SSSR count). The molecule has 7 nitrogen and oxygen atoms in total. The molecule has 2 aromatic heterocycles. The van der Waals surface area contributed by atoms with Gasteiger partial charge in [0.1, 0.15) is 11.7 Å². The second kappa shape index (κ2) is 7.58. The van der Waals surface area contributed by atoms with Gasteiger partial charge in [0.05, 0.1) is 5.56 Å². The van der Waals surface area contributed by atoms with Crippen LogP contribution in [0.2, 0.25) is 5.15 Å². The Hall–Kier alpha value is -2.33. The van der Waals surface area contributed by atoms with Gasteiger partial charge < -0.3 is 14.9 Å². The lowest BCUT2D eigenvalue weighted by atomic mass is 10.0. The summed E-state index contributed by atoms with van der Waals surface area (Å²) in [6.45, 7) is 0.667. The van der Waals surface area contributed by atoms with Crippen molar-refractivity contribution in [2.45, 2.75) is 43.8 Å². The summed E-state index contributed by atoms with van der Waals surface area (Å²) in [6, 6.07) is 1.22. The van der Waals surface area contributed by atoms with Crippen molar-refractivity contribution < 1.29 is 27.9 Å². The summed E-state index contributed by atoms with van der Waals surface area (Å²) >= 11 is 6.38. The number of fused-ring (bicyclic) bond motifs is 2. The third-order valence-electron chi connectivity index (χ3n) is 8.03. The minimum Gasteiger partial charge on any atom is -0.396 e. The van der Waals surface area contributed by atoms with Crippen molar-refractivity contribution in [1.82, 2.24) is 19.2 Å². The lowest BCUT2D eigenvalue weighted by Crippen LogP contribution is -2.55. The molecule has 2 aromatic rings. The van der Waals surface area contributed by atoms with Crippen LogP contribution in [0.5, 0.6) is 0 Å². The fourth-order valence-corrected chi connectivity index (χ4v) is 6.24. The molecule has 0 aromatic carbocycles. The van der Waals surface area contributed by atoms with Gasteiger partial charge in [-0.2, -0.15) is 13.2 Å². The van der Waals surface area contributed by atoms with Crippen molar-refractivity contribution in [2.24, 2.45) is 17.8 Å². The highest BCUT2D eigenvalue weighted by atomic mass is 35.5. The standard InChI is InChI=1S/C23H24ClF3N4O3/c24-20-19(28-21-17(23(25,26)27)5-12(8-31(20)21)11-1-2-11)22(34)29-3-4-30(18(33)9-29)13-6-14-15(7-13)16(14)10-32/h5,8,11,13-16,32H,1-4,6-7,9-10H2. The molecule has 1 aliphatic heterocycles. The van der Waals surface area contributed by atoms with Gasteiger partial charge in [-0.25, -0.2) is 4.98 Å². The molecule has 1 saturated heterocycles. The number of imidazole rings is 1. The number of hydrogen-bond acceptors (Lipinski definition) is 4. The summed E-state index contributed by atoms with van der Waals surface area (Å²) < 4.78 is 42.4. The summed E-state index contributed by atoms with van der Waals surface area (Å²) in [7, 11) is 0. The topological polar surface area (TPSA) is 78.2 Å². The van der Waals surface area contributed by atoms with Gasteiger partial charge in [0.15, 0.2) is 11.3 Å². The quantitative estimate of drug-likeness (QED) is 0.705. The van der Waals surface area contributed by atoms with Crippen LogP contribution in [0.15, 0.2) is 12.3 Å². The van der Waals surface area contributed by atoms with Crippen LogP contribution in [0.25, 0.3) is 5.65 Å². The molecule has 3 heterocycles. The SMILES string of the molecule is O=C(c1nc2c(C(F)(F)F)cc(C3CC3)cn2c1Cl)N1CCN(C2CC3C(CO)C3C2)C(=O)C1. The first-order valence-corrected chi connectivity index (χ1v) is 12.0. The molecule has 2 unspecified atom stereocenters. The first-order valence-electron chi connectivity index (χ1n) is 11.7. The largest absolute Gasteiger partial charge is 0.419 e. The average molecular weight is 497 g/mol. The number of aromatic nitrogens is 2. The fraction of sp³-hybridized carbons (Fsp3) is 0.609. The number of aliphatic hydroxyl groups is 1. The number of aliphatic hydroxyl groups excluding tert-OH is 1. The number of halogens is 4. The van der Waals surface area contributed by atoms with Gasteiger partial charge in [-0.05, 0) is 61.0 Å². The van der Waals surface area contributed by atoms with E-state index in [4.69, 9.17) is 11.6 Å². The minimum atomic E-state index is -4.64. The zero-order valence-electron chi connectivity index (χ0n) is 18.3. The number of pyridine rings is 1. The maximum absolute atomic E-state index is 13.7. The zero-order chi connectivity index (χ0) is 23.9. The van der Waals surface area contributed by atoms with Crippen molar-refractivity contribution in [1.29, 1.82) is 0 Å². The Morgan fingerprint density at radius 1 is 1.21 bits per heavy atom. The van der Waals surface area contributed by atoms with Crippen molar-refractivity contribution >= 4 is 29.1 Å². The molecule has 11 heteroatoms. The van der Waals surface area contributed by atoms with Crippen LogP contribution < -0.4 is 0 Å². The van der Waals surface area contributed by atoms with Gasteiger partial charge in [-0.15, -0.1) is 0 Å². The molecule has 2 amide bonds. The van der Waals surface area contributed by atoms with E-state index >= 15 is 0 Å². The lowest BCUT2D eigenvalue weighted by Gasteiger charge is -2.38. The lowest BCUT2D eigenvalue weighted by molar-refractivity contribution is -0.138. The molecule has 3 saturated carbocycles. The number of carbonyl (C=O) groups excluding carboxylic acids is 2. The van der Waals surface area contributed by atoms with Crippen LogP contribution >= 0.6 is 11.6 Å². The van der Waals surface area contributed by atoms with Gasteiger partial charge >= 0.3 is 6.18 Å². The van der Waals surface area contributed by atoms with Crippen LogP contribution in [0.1, 0.15) is 53.2 Å². The van der Waals surface area contributed by atoms with E-state index in [1.807, 2.05) is 0 Å². The number of rotatable bonds is 4. The van der Waals surface area contributed by atoms with Crippen LogP contribution in [0.4, 0.5) is 13.2 Å². The van der Waals surface area contributed by atoms with E-state index in [1.165, 1.54) is 11.1 Å². The monoisotopic (exact) mass is 496 g/mol. The maximum Gasteiger partial charge on any atom is 0.419 e. The molecule has 34 heavy (non-hydrogen) atoms. The molecular formula is C23H24ClF3N4O3. The molecule has 182 valence electrons. The Labute approximate surface area is 198 Å². The Kier molecular flexibility index (Phi) is 4.94. The van der Waals surface area contributed by atoms with Gasteiger partial charge in [-0.3, -0.25) is 14.0 Å². The molecule has 2 atom stereocenters. The van der Waals surface area contributed by atoms with Crippen molar-refractivity contribution in [2.75, 3.05) is 26.2 Å². The van der Waals surface area contributed by atoms with Crippen LogP contribution in [0, 0.1) is 17.8 Å².